The van der Waals surface area contributed by atoms with Gasteiger partial charge in [-0.05, 0) is 67.3 Å². The van der Waals surface area contributed by atoms with Crippen LogP contribution in [-0.4, -0.2) is 43.8 Å². The van der Waals surface area contributed by atoms with Gasteiger partial charge in [-0.3, -0.25) is 13.9 Å². The molecule has 7 nitrogen and oxygen atoms in total. The minimum absolute atomic E-state index is 0.0440. The van der Waals surface area contributed by atoms with E-state index in [-0.39, 0.29) is 29.1 Å². The van der Waals surface area contributed by atoms with Gasteiger partial charge in [0, 0.05) is 22.6 Å². The maximum absolute atomic E-state index is 14.2. The summed E-state index contributed by atoms with van der Waals surface area (Å²) in [5, 5.41) is 4.03. The van der Waals surface area contributed by atoms with Crippen molar-refractivity contribution in [3.8, 4) is 0 Å². The van der Waals surface area contributed by atoms with Gasteiger partial charge in [-0.2, -0.15) is 0 Å². The van der Waals surface area contributed by atoms with Crippen LogP contribution < -0.4 is 9.62 Å². The summed E-state index contributed by atoms with van der Waals surface area (Å²) in [4.78, 5) is 29.2. The van der Waals surface area contributed by atoms with Crippen molar-refractivity contribution in [2.45, 2.75) is 69.0 Å². The van der Waals surface area contributed by atoms with Gasteiger partial charge in [-0.15, -0.1) is 0 Å². The van der Waals surface area contributed by atoms with Crippen LogP contribution in [0.2, 0.25) is 10.0 Å². The first-order valence-corrected chi connectivity index (χ1v) is 16.1. The zero-order chi connectivity index (χ0) is 29.4. The molecule has 10 heteroatoms. The fraction of sp³-hybridized carbons (Fsp3) is 0.355. The quantitative estimate of drug-likeness (QED) is 0.269. The lowest BCUT2D eigenvalue weighted by Crippen LogP contribution is -2.54. The lowest BCUT2D eigenvalue weighted by Gasteiger charge is -2.34. The zero-order valence-electron chi connectivity index (χ0n) is 23.0. The van der Waals surface area contributed by atoms with Crippen molar-refractivity contribution in [1.82, 2.24) is 10.2 Å². The monoisotopic (exact) mass is 615 g/mol. The highest BCUT2D eigenvalue weighted by Gasteiger charge is 2.34. The normalized spacial score (nSPS) is 14.7. The fourth-order valence-electron chi connectivity index (χ4n) is 5.13. The van der Waals surface area contributed by atoms with Crippen molar-refractivity contribution in [1.29, 1.82) is 0 Å². The number of nitrogens with one attached hydrogen (secondary N) is 1. The van der Waals surface area contributed by atoms with Gasteiger partial charge < -0.3 is 10.2 Å². The van der Waals surface area contributed by atoms with Crippen molar-refractivity contribution in [3.63, 3.8) is 0 Å². The summed E-state index contributed by atoms with van der Waals surface area (Å²) in [5.41, 5.74) is 0.944. The molecule has 0 radical (unpaired) electrons. The molecule has 3 aromatic carbocycles. The van der Waals surface area contributed by atoms with E-state index in [4.69, 9.17) is 23.2 Å². The third-order valence-electron chi connectivity index (χ3n) is 7.36. The van der Waals surface area contributed by atoms with Crippen LogP contribution >= 0.6 is 23.2 Å². The van der Waals surface area contributed by atoms with Crippen LogP contribution in [0.15, 0.2) is 83.8 Å². The number of anilines is 1. The smallest absolute Gasteiger partial charge is 0.264 e. The summed E-state index contributed by atoms with van der Waals surface area (Å²) < 4.78 is 28.8. The van der Waals surface area contributed by atoms with E-state index >= 15 is 0 Å². The summed E-state index contributed by atoms with van der Waals surface area (Å²) in [6, 6.07) is 20.6. The van der Waals surface area contributed by atoms with E-state index in [1.165, 1.54) is 17.0 Å². The molecule has 218 valence electrons. The average molecular weight is 617 g/mol. The molecule has 0 saturated heterocycles. The number of amides is 2. The molecule has 1 N–H and O–H groups in total. The fourth-order valence-corrected chi connectivity index (χ4v) is 6.89. The predicted molar refractivity (Wildman–Crippen MR) is 164 cm³/mol. The third-order valence-corrected chi connectivity index (χ3v) is 9.77. The second kappa shape index (κ2) is 14.2. The Morgan fingerprint density at radius 2 is 1.54 bits per heavy atom. The molecule has 2 amide bonds. The number of hydrogen-bond donors (Lipinski definition) is 1. The van der Waals surface area contributed by atoms with Gasteiger partial charge in [0.2, 0.25) is 11.8 Å². The lowest BCUT2D eigenvalue weighted by atomic mass is 9.95. The highest BCUT2D eigenvalue weighted by Crippen LogP contribution is 2.27. The van der Waals surface area contributed by atoms with Crippen LogP contribution in [0.3, 0.4) is 0 Å². The van der Waals surface area contributed by atoms with Gasteiger partial charge >= 0.3 is 0 Å². The second-order valence-electron chi connectivity index (χ2n) is 10.2. The van der Waals surface area contributed by atoms with Gasteiger partial charge in [0.15, 0.2) is 0 Å². The van der Waals surface area contributed by atoms with Crippen LogP contribution in [0.25, 0.3) is 0 Å². The highest BCUT2D eigenvalue weighted by atomic mass is 35.5. The molecule has 0 spiro atoms. The van der Waals surface area contributed by atoms with Gasteiger partial charge in [-0.1, -0.05) is 85.8 Å². The number of rotatable bonds is 11. The zero-order valence-corrected chi connectivity index (χ0v) is 25.3. The second-order valence-corrected chi connectivity index (χ2v) is 12.9. The Morgan fingerprint density at radius 3 is 2.17 bits per heavy atom. The van der Waals surface area contributed by atoms with Gasteiger partial charge in [0.1, 0.15) is 12.6 Å². The van der Waals surface area contributed by atoms with Crippen molar-refractivity contribution in [3.05, 3.63) is 94.5 Å². The molecule has 4 rings (SSSR count). The summed E-state index contributed by atoms with van der Waals surface area (Å²) in [5.74, 6) is -0.770. The molecule has 0 aliphatic heterocycles. The Balaban J connectivity index is 1.70. The maximum Gasteiger partial charge on any atom is 0.264 e. The van der Waals surface area contributed by atoms with E-state index in [2.05, 4.69) is 5.32 Å². The van der Waals surface area contributed by atoms with Crippen molar-refractivity contribution < 1.29 is 18.0 Å². The molecule has 1 aliphatic carbocycles. The van der Waals surface area contributed by atoms with Gasteiger partial charge in [0.05, 0.1) is 10.6 Å². The van der Waals surface area contributed by atoms with Crippen molar-refractivity contribution in [2.24, 2.45) is 0 Å². The summed E-state index contributed by atoms with van der Waals surface area (Å²) in [6.07, 6.45) is 5.41. The molecular formula is C31H35Cl2N3O4S. The van der Waals surface area contributed by atoms with Crippen LogP contribution in [0.4, 0.5) is 5.69 Å². The van der Waals surface area contributed by atoms with E-state index in [9.17, 15) is 18.0 Å². The van der Waals surface area contributed by atoms with Crippen LogP contribution in [0.1, 0.15) is 51.0 Å². The standard InChI is InChI=1S/C31H35Cl2N3O4S/c1-2-29(31(38)34-25-12-5-3-6-13-25)35(21-23-11-9-10-16-28(23)33)30(37)22-36(26-19-17-24(32)18-20-26)41(39,40)27-14-7-4-8-15-27/h4,7-11,14-20,25,29H,2-3,5-6,12-13,21-22H2,1H3,(H,34,38). The summed E-state index contributed by atoms with van der Waals surface area (Å²) in [7, 11) is -4.14. The summed E-state index contributed by atoms with van der Waals surface area (Å²) in [6.45, 7) is 1.38. The number of nitrogens with zero attached hydrogens (tertiary/aromatic N) is 2. The Bertz CT molecular complexity index is 1430. The maximum atomic E-state index is 14.2. The molecule has 1 saturated carbocycles. The van der Waals surface area contributed by atoms with E-state index in [0.717, 1.165) is 36.4 Å². The van der Waals surface area contributed by atoms with Crippen LogP contribution in [0.5, 0.6) is 0 Å². The minimum atomic E-state index is -4.14. The first-order valence-electron chi connectivity index (χ1n) is 13.9. The summed E-state index contributed by atoms with van der Waals surface area (Å²) >= 11 is 12.6. The predicted octanol–water partition coefficient (Wildman–Crippen LogP) is 6.45. The Morgan fingerprint density at radius 1 is 0.902 bits per heavy atom. The Labute approximate surface area is 252 Å². The third kappa shape index (κ3) is 7.82. The number of carbonyl (C=O) groups excluding carboxylic acids is 2. The number of carbonyl (C=O) groups is 2. The van der Waals surface area contributed by atoms with Crippen LogP contribution in [0, 0.1) is 0 Å². The molecular weight excluding hydrogens is 581 g/mol. The molecule has 0 heterocycles. The molecule has 1 fully saturated rings. The van der Waals surface area contributed by atoms with E-state index in [1.54, 1.807) is 60.7 Å². The first kappa shape index (κ1) is 30.9. The van der Waals surface area contributed by atoms with Gasteiger partial charge in [0.25, 0.3) is 10.0 Å². The SMILES string of the molecule is CCC(C(=O)NC1CCCCC1)N(Cc1ccccc1Cl)C(=O)CN(c1ccc(Cl)cc1)S(=O)(=O)c1ccccc1. The number of halogens is 2. The minimum Gasteiger partial charge on any atom is -0.352 e. The highest BCUT2D eigenvalue weighted by molar-refractivity contribution is 7.92. The molecule has 41 heavy (non-hydrogen) atoms. The molecule has 3 aromatic rings. The number of hydrogen-bond acceptors (Lipinski definition) is 4. The first-order chi connectivity index (χ1) is 19.7. The molecule has 0 bridgehead atoms. The van der Waals surface area contributed by atoms with E-state index in [1.807, 2.05) is 13.0 Å². The largest absolute Gasteiger partial charge is 0.352 e. The van der Waals surface area contributed by atoms with E-state index < -0.39 is 28.5 Å². The Hall–Kier alpha value is -3.07. The molecule has 1 unspecified atom stereocenters. The topological polar surface area (TPSA) is 86.8 Å². The molecule has 0 aromatic heterocycles. The Kier molecular flexibility index (Phi) is 10.7. The average Bonchev–Trinajstić information content (AvgIpc) is 2.98. The lowest BCUT2D eigenvalue weighted by molar-refractivity contribution is -0.140. The number of benzene rings is 3. The van der Waals surface area contributed by atoms with Crippen molar-refractivity contribution >= 4 is 50.7 Å². The number of sulfonamides is 1. The van der Waals surface area contributed by atoms with Crippen LogP contribution in [-0.2, 0) is 26.2 Å². The van der Waals surface area contributed by atoms with Crippen molar-refractivity contribution in [2.75, 3.05) is 10.8 Å². The molecule has 1 atom stereocenters. The molecule has 1 aliphatic rings. The van der Waals surface area contributed by atoms with E-state index in [0.29, 0.717) is 22.0 Å². The van der Waals surface area contributed by atoms with Gasteiger partial charge in [-0.25, -0.2) is 8.42 Å².